The molecule has 0 saturated carbocycles. The smallest absolute Gasteiger partial charge is 0.319 e. The number of urea groups is 1. The Labute approximate surface area is 125 Å². The molecule has 0 bridgehead atoms. The standard InChI is InChI=1S/C15H22ClN3O/c1-11-5-6-13(9-14(11)16)18-15(20)17-10-12(2)19-7-3-4-8-19/h5-6,9,12H,3-4,7-8,10H2,1-2H3,(H2,17,18,20)/t12-/m1/s1. The normalized spacial score (nSPS) is 16.9. The van der Waals surface area contributed by atoms with Crippen molar-refractivity contribution in [1.29, 1.82) is 0 Å². The number of nitrogens with one attached hydrogen (secondary N) is 2. The SMILES string of the molecule is Cc1ccc(NC(=O)NC[C@@H](C)N2CCCC2)cc1Cl. The molecule has 2 N–H and O–H groups in total. The Morgan fingerprint density at radius 1 is 1.40 bits per heavy atom. The molecule has 1 aromatic carbocycles. The molecule has 0 unspecified atom stereocenters. The third kappa shape index (κ3) is 4.12. The van der Waals surface area contributed by atoms with Crippen molar-refractivity contribution in [3.05, 3.63) is 28.8 Å². The highest BCUT2D eigenvalue weighted by molar-refractivity contribution is 6.31. The molecule has 1 saturated heterocycles. The van der Waals surface area contributed by atoms with Gasteiger partial charge in [-0.25, -0.2) is 4.79 Å². The number of carbonyl (C=O) groups excluding carboxylic acids is 1. The molecule has 1 atom stereocenters. The second-order valence-electron chi connectivity index (χ2n) is 5.39. The Morgan fingerprint density at radius 3 is 2.75 bits per heavy atom. The topological polar surface area (TPSA) is 44.4 Å². The van der Waals surface area contributed by atoms with Crippen molar-refractivity contribution in [2.45, 2.75) is 32.7 Å². The van der Waals surface area contributed by atoms with Crippen molar-refractivity contribution < 1.29 is 4.79 Å². The van der Waals surface area contributed by atoms with Crippen molar-refractivity contribution in [2.75, 3.05) is 25.0 Å². The van der Waals surface area contributed by atoms with Crippen LogP contribution in [0.15, 0.2) is 18.2 Å². The van der Waals surface area contributed by atoms with Gasteiger partial charge in [0.05, 0.1) is 0 Å². The van der Waals surface area contributed by atoms with Gasteiger partial charge >= 0.3 is 6.03 Å². The average molecular weight is 296 g/mol. The largest absolute Gasteiger partial charge is 0.336 e. The number of likely N-dealkylation sites (tertiary alicyclic amines) is 1. The fourth-order valence-corrected chi connectivity index (χ4v) is 2.58. The summed E-state index contributed by atoms with van der Waals surface area (Å²) in [6.45, 7) is 7.01. The maximum Gasteiger partial charge on any atom is 0.319 e. The summed E-state index contributed by atoms with van der Waals surface area (Å²) < 4.78 is 0. The summed E-state index contributed by atoms with van der Waals surface area (Å²) in [5.74, 6) is 0. The maximum absolute atomic E-state index is 11.8. The Morgan fingerprint density at radius 2 is 2.10 bits per heavy atom. The van der Waals surface area contributed by atoms with Gasteiger partial charge in [0.2, 0.25) is 0 Å². The first kappa shape index (κ1) is 15.1. The van der Waals surface area contributed by atoms with E-state index in [0.29, 0.717) is 23.3 Å². The number of hydrogen-bond acceptors (Lipinski definition) is 2. The van der Waals surface area contributed by atoms with E-state index in [1.165, 1.54) is 12.8 Å². The van der Waals surface area contributed by atoms with Crippen molar-refractivity contribution >= 4 is 23.3 Å². The van der Waals surface area contributed by atoms with Gasteiger partial charge in [-0.2, -0.15) is 0 Å². The van der Waals surface area contributed by atoms with E-state index in [4.69, 9.17) is 11.6 Å². The molecule has 110 valence electrons. The summed E-state index contributed by atoms with van der Waals surface area (Å²) in [6.07, 6.45) is 2.52. The van der Waals surface area contributed by atoms with Gasteiger partial charge in [0, 0.05) is 23.3 Å². The zero-order valence-electron chi connectivity index (χ0n) is 12.1. The third-order valence-electron chi connectivity index (χ3n) is 3.75. The van der Waals surface area contributed by atoms with Crippen molar-refractivity contribution in [3.8, 4) is 0 Å². The van der Waals surface area contributed by atoms with Crippen LogP contribution >= 0.6 is 11.6 Å². The highest BCUT2D eigenvalue weighted by Gasteiger charge is 2.18. The number of halogens is 1. The molecule has 20 heavy (non-hydrogen) atoms. The highest BCUT2D eigenvalue weighted by Crippen LogP contribution is 2.19. The van der Waals surface area contributed by atoms with Crippen LogP contribution in [-0.2, 0) is 0 Å². The van der Waals surface area contributed by atoms with Gasteiger partial charge < -0.3 is 10.6 Å². The highest BCUT2D eigenvalue weighted by atomic mass is 35.5. The number of aryl methyl sites for hydroxylation is 1. The number of nitrogens with zero attached hydrogens (tertiary/aromatic N) is 1. The predicted octanol–water partition coefficient (Wildman–Crippen LogP) is 3.25. The summed E-state index contributed by atoms with van der Waals surface area (Å²) in [5, 5.41) is 6.37. The average Bonchev–Trinajstić information content (AvgIpc) is 2.94. The number of benzene rings is 1. The minimum atomic E-state index is -0.184. The second kappa shape index (κ2) is 6.95. The van der Waals surface area contributed by atoms with Crippen LogP contribution in [-0.4, -0.2) is 36.6 Å². The summed E-state index contributed by atoms with van der Waals surface area (Å²) in [5.41, 5.74) is 1.72. The van der Waals surface area contributed by atoms with E-state index in [1.807, 2.05) is 19.1 Å². The summed E-state index contributed by atoms with van der Waals surface area (Å²) in [4.78, 5) is 14.2. The first-order chi connectivity index (χ1) is 9.56. The second-order valence-corrected chi connectivity index (χ2v) is 5.80. The summed E-state index contributed by atoms with van der Waals surface area (Å²) >= 11 is 6.03. The number of amides is 2. The van der Waals surface area contributed by atoms with Gasteiger partial charge in [-0.3, -0.25) is 4.90 Å². The van der Waals surface area contributed by atoms with Crippen LogP contribution in [0.5, 0.6) is 0 Å². The first-order valence-electron chi connectivity index (χ1n) is 7.11. The zero-order valence-corrected chi connectivity index (χ0v) is 12.8. The molecule has 0 aliphatic carbocycles. The van der Waals surface area contributed by atoms with Crippen LogP contribution in [0.25, 0.3) is 0 Å². The van der Waals surface area contributed by atoms with Crippen LogP contribution in [0.3, 0.4) is 0 Å². The molecule has 5 heteroatoms. The van der Waals surface area contributed by atoms with Crippen molar-refractivity contribution in [1.82, 2.24) is 10.2 Å². The van der Waals surface area contributed by atoms with Gasteiger partial charge in [0.15, 0.2) is 0 Å². The lowest BCUT2D eigenvalue weighted by atomic mass is 10.2. The van der Waals surface area contributed by atoms with Crippen molar-refractivity contribution in [2.24, 2.45) is 0 Å². The third-order valence-corrected chi connectivity index (χ3v) is 4.16. The number of carbonyl (C=O) groups is 1. The van der Waals surface area contributed by atoms with E-state index in [2.05, 4.69) is 22.5 Å². The Balaban J connectivity index is 1.78. The maximum atomic E-state index is 11.8. The lowest BCUT2D eigenvalue weighted by Crippen LogP contribution is -2.42. The molecule has 1 aromatic rings. The van der Waals surface area contributed by atoms with E-state index in [9.17, 15) is 4.79 Å². The summed E-state index contributed by atoms with van der Waals surface area (Å²) in [6, 6.07) is 5.70. The van der Waals surface area contributed by atoms with Crippen LogP contribution in [0.2, 0.25) is 5.02 Å². The van der Waals surface area contributed by atoms with Gasteiger partial charge in [-0.15, -0.1) is 0 Å². The molecular weight excluding hydrogens is 274 g/mol. The molecule has 0 radical (unpaired) electrons. The van der Waals surface area contributed by atoms with Gasteiger partial charge in [0.25, 0.3) is 0 Å². The minimum absolute atomic E-state index is 0.184. The molecule has 1 fully saturated rings. The number of hydrogen-bond donors (Lipinski definition) is 2. The molecule has 2 rings (SSSR count). The molecule has 0 aromatic heterocycles. The molecule has 0 spiro atoms. The van der Waals surface area contributed by atoms with Gasteiger partial charge in [0.1, 0.15) is 0 Å². The van der Waals surface area contributed by atoms with Crippen LogP contribution < -0.4 is 10.6 Å². The van der Waals surface area contributed by atoms with E-state index in [0.717, 1.165) is 18.7 Å². The number of rotatable bonds is 4. The fourth-order valence-electron chi connectivity index (χ4n) is 2.40. The molecular formula is C15H22ClN3O. The zero-order chi connectivity index (χ0) is 14.5. The Kier molecular flexibility index (Phi) is 5.26. The molecule has 1 aliphatic rings. The molecule has 1 aliphatic heterocycles. The lowest BCUT2D eigenvalue weighted by Gasteiger charge is -2.23. The van der Waals surface area contributed by atoms with Crippen LogP contribution in [0.1, 0.15) is 25.3 Å². The predicted molar refractivity (Wildman–Crippen MR) is 83.5 cm³/mol. The molecule has 1 heterocycles. The first-order valence-corrected chi connectivity index (χ1v) is 7.49. The lowest BCUT2D eigenvalue weighted by molar-refractivity contribution is 0.234. The minimum Gasteiger partial charge on any atom is -0.336 e. The van der Waals surface area contributed by atoms with Gasteiger partial charge in [-0.1, -0.05) is 17.7 Å². The quantitative estimate of drug-likeness (QED) is 0.895. The fraction of sp³-hybridized carbons (Fsp3) is 0.533. The monoisotopic (exact) mass is 295 g/mol. The van der Waals surface area contributed by atoms with Gasteiger partial charge in [-0.05, 0) is 57.5 Å². The van der Waals surface area contributed by atoms with E-state index in [-0.39, 0.29) is 6.03 Å². The Bertz CT molecular complexity index is 472. The van der Waals surface area contributed by atoms with E-state index in [1.54, 1.807) is 6.07 Å². The molecule has 2 amide bonds. The van der Waals surface area contributed by atoms with E-state index < -0.39 is 0 Å². The van der Waals surface area contributed by atoms with E-state index >= 15 is 0 Å². The molecule has 4 nitrogen and oxygen atoms in total. The van der Waals surface area contributed by atoms with Crippen molar-refractivity contribution in [3.63, 3.8) is 0 Å². The van der Waals surface area contributed by atoms with Crippen LogP contribution in [0, 0.1) is 6.92 Å². The Hall–Kier alpha value is -1.26. The number of anilines is 1. The summed E-state index contributed by atoms with van der Waals surface area (Å²) in [7, 11) is 0. The van der Waals surface area contributed by atoms with Crippen LogP contribution in [0.4, 0.5) is 10.5 Å².